The first-order chi connectivity index (χ1) is 13.3. The smallest absolute Gasteiger partial charge is 0.238 e. The molecular formula is C22H23BrN4O. The van der Waals surface area contributed by atoms with Crippen LogP contribution in [0.2, 0.25) is 0 Å². The lowest BCUT2D eigenvalue weighted by atomic mass is 9.93. The van der Waals surface area contributed by atoms with Crippen LogP contribution in [0, 0.1) is 0 Å². The third kappa shape index (κ3) is 4.71. The lowest BCUT2D eigenvalue weighted by molar-refractivity contribution is -0.124. The molecular weight excluding hydrogens is 416 g/mol. The van der Waals surface area contributed by atoms with Crippen molar-refractivity contribution in [1.82, 2.24) is 15.8 Å². The Labute approximate surface area is 173 Å². The third-order valence-electron chi connectivity index (χ3n) is 4.27. The summed E-state index contributed by atoms with van der Waals surface area (Å²) < 4.78 is 1.00. The SMILES string of the molecule is C=C1NC(=C)c2ccc(Br)cc2/C1=C/Nc1ccc(CC(=O)NN(C)C)cc1. The molecule has 1 heterocycles. The Bertz CT molecular complexity index is 961. The Hall–Kier alpha value is -2.83. The van der Waals surface area contributed by atoms with Crippen molar-refractivity contribution in [2.45, 2.75) is 6.42 Å². The predicted molar refractivity (Wildman–Crippen MR) is 119 cm³/mol. The van der Waals surface area contributed by atoms with E-state index in [0.717, 1.165) is 43.8 Å². The van der Waals surface area contributed by atoms with Gasteiger partial charge in [0.15, 0.2) is 0 Å². The van der Waals surface area contributed by atoms with Gasteiger partial charge < -0.3 is 10.6 Å². The molecule has 0 bridgehead atoms. The van der Waals surface area contributed by atoms with E-state index in [9.17, 15) is 4.79 Å². The highest BCUT2D eigenvalue weighted by atomic mass is 79.9. The Kier molecular flexibility index (Phi) is 6.02. The second-order valence-electron chi connectivity index (χ2n) is 6.78. The van der Waals surface area contributed by atoms with Crippen LogP contribution in [0.4, 0.5) is 5.69 Å². The van der Waals surface area contributed by atoms with Gasteiger partial charge in [0.2, 0.25) is 5.91 Å². The minimum Gasteiger partial charge on any atom is -0.361 e. The van der Waals surface area contributed by atoms with Gasteiger partial charge in [0, 0.05) is 53.0 Å². The van der Waals surface area contributed by atoms with E-state index in [1.807, 2.05) is 42.6 Å². The summed E-state index contributed by atoms with van der Waals surface area (Å²) in [5.41, 5.74) is 9.33. The molecule has 0 aliphatic carbocycles. The van der Waals surface area contributed by atoms with Crippen LogP contribution >= 0.6 is 15.9 Å². The van der Waals surface area contributed by atoms with Gasteiger partial charge >= 0.3 is 0 Å². The monoisotopic (exact) mass is 438 g/mol. The molecule has 0 unspecified atom stereocenters. The molecule has 1 aliphatic heterocycles. The van der Waals surface area contributed by atoms with Crippen molar-refractivity contribution in [3.8, 4) is 0 Å². The second kappa shape index (κ2) is 8.46. The van der Waals surface area contributed by atoms with Gasteiger partial charge in [-0.25, -0.2) is 5.01 Å². The van der Waals surface area contributed by atoms with Gasteiger partial charge in [0.05, 0.1) is 6.42 Å². The normalized spacial score (nSPS) is 14.6. The number of hydrogen-bond donors (Lipinski definition) is 3. The lowest BCUT2D eigenvalue weighted by Crippen LogP contribution is -2.37. The maximum atomic E-state index is 11.8. The molecule has 0 fully saturated rings. The van der Waals surface area contributed by atoms with E-state index in [2.05, 4.69) is 51.2 Å². The standard InChI is InChI=1S/C22H23BrN4O/c1-14-19-10-7-17(23)12-20(19)21(15(2)25-14)13-24-18-8-5-16(6-9-18)11-22(28)26-27(3)4/h5-10,12-13,24-25H,1-2,11H2,3-4H3,(H,26,28)/b21-13+. The number of benzene rings is 2. The molecule has 1 amide bonds. The van der Waals surface area contributed by atoms with Gasteiger partial charge in [0.1, 0.15) is 0 Å². The molecule has 0 aromatic heterocycles. The summed E-state index contributed by atoms with van der Waals surface area (Å²) in [6, 6.07) is 13.9. The van der Waals surface area contributed by atoms with Crippen molar-refractivity contribution in [3.63, 3.8) is 0 Å². The molecule has 0 radical (unpaired) electrons. The fraction of sp³-hybridized carbons (Fsp3) is 0.136. The summed E-state index contributed by atoms with van der Waals surface area (Å²) >= 11 is 3.53. The first kappa shape index (κ1) is 19.9. The van der Waals surface area contributed by atoms with Crippen molar-refractivity contribution in [3.05, 3.63) is 88.7 Å². The summed E-state index contributed by atoms with van der Waals surface area (Å²) in [6.45, 7) is 8.18. The van der Waals surface area contributed by atoms with E-state index in [1.54, 1.807) is 19.1 Å². The van der Waals surface area contributed by atoms with Crippen LogP contribution in [-0.4, -0.2) is 25.0 Å². The average molecular weight is 439 g/mol. The third-order valence-corrected chi connectivity index (χ3v) is 4.77. The minimum atomic E-state index is -0.0418. The maximum absolute atomic E-state index is 11.8. The minimum absolute atomic E-state index is 0.0418. The molecule has 0 saturated heterocycles. The van der Waals surface area contributed by atoms with Crippen LogP contribution in [0.1, 0.15) is 16.7 Å². The van der Waals surface area contributed by atoms with E-state index in [0.29, 0.717) is 6.42 Å². The van der Waals surface area contributed by atoms with Crippen LogP contribution in [0.5, 0.6) is 0 Å². The van der Waals surface area contributed by atoms with E-state index < -0.39 is 0 Å². The Morgan fingerprint density at radius 2 is 1.82 bits per heavy atom. The molecule has 28 heavy (non-hydrogen) atoms. The number of hydrogen-bond acceptors (Lipinski definition) is 4. The second-order valence-corrected chi connectivity index (χ2v) is 7.69. The zero-order chi connectivity index (χ0) is 20.3. The highest BCUT2D eigenvalue weighted by molar-refractivity contribution is 9.10. The quantitative estimate of drug-likeness (QED) is 0.614. The first-order valence-electron chi connectivity index (χ1n) is 8.81. The van der Waals surface area contributed by atoms with E-state index >= 15 is 0 Å². The molecule has 3 N–H and O–H groups in total. The topological polar surface area (TPSA) is 56.4 Å². The van der Waals surface area contributed by atoms with Crippen LogP contribution < -0.4 is 16.1 Å². The predicted octanol–water partition coefficient (Wildman–Crippen LogP) is 4.13. The number of anilines is 1. The zero-order valence-corrected chi connectivity index (χ0v) is 17.6. The summed E-state index contributed by atoms with van der Waals surface area (Å²) in [5.74, 6) is -0.0418. The van der Waals surface area contributed by atoms with Crippen molar-refractivity contribution in [2.24, 2.45) is 0 Å². The molecule has 3 rings (SSSR count). The van der Waals surface area contributed by atoms with Crippen LogP contribution in [0.15, 0.2) is 72.0 Å². The number of carbonyl (C=O) groups is 1. The van der Waals surface area contributed by atoms with Gasteiger partial charge in [0.25, 0.3) is 0 Å². The number of nitrogens with zero attached hydrogens (tertiary/aromatic N) is 1. The van der Waals surface area contributed by atoms with Gasteiger partial charge in [-0.2, -0.15) is 0 Å². The highest BCUT2D eigenvalue weighted by Gasteiger charge is 2.19. The molecule has 2 aromatic rings. The first-order valence-corrected chi connectivity index (χ1v) is 9.61. The molecule has 2 aromatic carbocycles. The van der Waals surface area contributed by atoms with Crippen molar-refractivity contribution in [1.29, 1.82) is 0 Å². The fourth-order valence-electron chi connectivity index (χ4n) is 3.00. The van der Waals surface area contributed by atoms with Gasteiger partial charge in [-0.05, 0) is 35.4 Å². The van der Waals surface area contributed by atoms with Crippen molar-refractivity contribution in [2.75, 3.05) is 19.4 Å². The molecule has 0 spiro atoms. The van der Waals surface area contributed by atoms with Crippen LogP contribution in [0.25, 0.3) is 11.3 Å². The fourth-order valence-corrected chi connectivity index (χ4v) is 3.36. The molecule has 0 saturated carbocycles. The summed E-state index contributed by atoms with van der Waals surface area (Å²) in [5, 5.41) is 8.18. The average Bonchev–Trinajstić information content (AvgIpc) is 2.61. The van der Waals surface area contributed by atoms with Gasteiger partial charge in [-0.3, -0.25) is 10.2 Å². The highest BCUT2D eigenvalue weighted by Crippen LogP contribution is 2.35. The van der Waals surface area contributed by atoms with E-state index in [-0.39, 0.29) is 5.91 Å². The number of halogens is 1. The molecule has 6 heteroatoms. The summed E-state index contributed by atoms with van der Waals surface area (Å²) in [7, 11) is 3.58. The number of fused-ring (bicyclic) bond motifs is 1. The van der Waals surface area contributed by atoms with E-state index in [1.165, 1.54) is 0 Å². The molecule has 144 valence electrons. The van der Waals surface area contributed by atoms with Crippen molar-refractivity contribution < 1.29 is 4.79 Å². The van der Waals surface area contributed by atoms with Crippen LogP contribution in [-0.2, 0) is 11.2 Å². The van der Waals surface area contributed by atoms with E-state index in [4.69, 9.17) is 0 Å². The maximum Gasteiger partial charge on any atom is 0.238 e. The number of allylic oxidation sites excluding steroid dienone is 1. The Morgan fingerprint density at radius 1 is 1.11 bits per heavy atom. The number of amides is 1. The van der Waals surface area contributed by atoms with Gasteiger partial charge in [-0.15, -0.1) is 0 Å². The van der Waals surface area contributed by atoms with Gasteiger partial charge in [-0.1, -0.05) is 47.3 Å². The molecule has 1 aliphatic rings. The van der Waals surface area contributed by atoms with Crippen LogP contribution in [0.3, 0.4) is 0 Å². The molecule has 0 atom stereocenters. The number of carbonyl (C=O) groups excluding carboxylic acids is 1. The zero-order valence-electron chi connectivity index (χ0n) is 16.0. The number of rotatable bonds is 5. The Morgan fingerprint density at radius 3 is 2.50 bits per heavy atom. The largest absolute Gasteiger partial charge is 0.361 e. The van der Waals surface area contributed by atoms with Crippen molar-refractivity contribution >= 4 is 38.8 Å². The summed E-state index contributed by atoms with van der Waals surface area (Å²) in [4.78, 5) is 11.8. The number of hydrazine groups is 1. The Balaban J connectivity index is 1.76. The molecule has 5 nitrogen and oxygen atoms in total. The summed E-state index contributed by atoms with van der Waals surface area (Å²) in [6.07, 6.45) is 2.27. The number of nitrogens with one attached hydrogen (secondary N) is 3. The lowest BCUT2D eigenvalue weighted by Gasteiger charge is -2.25.